The van der Waals surface area contributed by atoms with Gasteiger partial charge in [-0.15, -0.1) is 0 Å². The van der Waals surface area contributed by atoms with Gasteiger partial charge in [-0.1, -0.05) is 23.2 Å². The van der Waals surface area contributed by atoms with Gasteiger partial charge in [0.15, 0.2) is 0 Å². The average Bonchev–Trinajstić information content (AvgIpc) is 2.36. The van der Waals surface area contributed by atoms with Gasteiger partial charge in [0, 0.05) is 5.69 Å². The molecule has 0 saturated carbocycles. The number of rotatable bonds is 2. The number of phenolic OH excluding ortho intramolecular Hbond substituents is 1. The molecule has 5 heteroatoms. The van der Waals surface area contributed by atoms with Gasteiger partial charge >= 0.3 is 0 Å². The van der Waals surface area contributed by atoms with E-state index in [2.05, 4.69) is 5.32 Å². The number of carbonyl (C=O) groups excluding carboxylic acids is 1. The standard InChI is InChI=1S/C14H13ClN2O2/c1-8-2-5-13(18)10(6-8)14(19)17-9-3-4-11(15)12(16)7-9/h2-7,18H,16H2,1H3,(H,17,19). The molecule has 0 saturated heterocycles. The minimum absolute atomic E-state index is 0.0648. The van der Waals surface area contributed by atoms with Crippen molar-refractivity contribution in [3.8, 4) is 5.75 Å². The molecule has 2 aromatic rings. The molecule has 19 heavy (non-hydrogen) atoms. The van der Waals surface area contributed by atoms with Gasteiger partial charge in [-0.3, -0.25) is 4.79 Å². The monoisotopic (exact) mass is 276 g/mol. The molecule has 0 aliphatic rings. The van der Waals surface area contributed by atoms with Crippen molar-refractivity contribution in [3.05, 3.63) is 52.5 Å². The van der Waals surface area contributed by atoms with Crippen LogP contribution in [0.25, 0.3) is 0 Å². The summed E-state index contributed by atoms with van der Waals surface area (Å²) >= 11 is 5.80. The maximum atomic E-state index is 12.0. The summed E-state index contributed by atoms with van der Waals surface area (Å²) in [4.78, 5) is 12.0. The van der Waals surface area contributed by atoms with E-state index in [1.807, 2.05) is 6.92 Å². The molecule has 0 bridgehead atoms. The smallest absolute Gasteiger partial charge is 0.259 e. The molecule has 4 nitrogen and oxygen atoms in total. The molecule has 0 unspecified atom stereocenters. The second-order valence-corrected chi connectivity index (χ2v) is 4.62. The van der Waals surface area contributed by atoms with Crippen LogP contribution < -0.4 is 11.1 Å². The third kappa shape index (κ3) is 2.98. The van der Waals surface area contributed by atoms with Crippen molar-refractivity contribution in [3.63, 3.8) is 0 Å². The van der Waals surface area contributed by atoms with E-state index in [1.54, 1.807) is 30.3 Å². The number of benzene rings is 2. The molecule has 2 aromatic carbocycles. The van der Waals surface area contributed by atoms with E-state index in [-0.39, 0.29) is 11.3 Å². The first-order valence-corrected chi connectivity index (χ1v) is 6.01. The van der Waals surface area contributed by atoms with Crippen LogP contribution in [0.4, 0.5) is 11.4 Å². The van der Waals surface area contributed by atoms with Crippen LogP contribution in [0.2, 0.25) is 5.02 Å². The quantitative estimate of drug-likeness (QED) is 0.737. The highest BCUT2D eigenvalue weighted by molar-refractivity contribution is 6.33. The van der Waals surface area contributed by atoms with E-state index >= 15 is 0 Å². The summed E-state index contributed by atoms with van der Waals surface area (Å²) in [5, 5.41) is 12.8. The lowest BCUT2D eigenvalue weighted by Crippen LogP contribution is -2.12. The summed E-state index contributed by atoms with van der Waals surface area (Å²) in [6.45, 7) is 1.84. The van der Waals surface area contributed by atoms with E-state index in [4.69, 9.17) is 17.3 Å². The molecule has 0 radical (unpaired) electrons. The molecule has 2 rings (SSSR count). The topological polar surface area (TPSA) is 75.3 Å². The number of amides is 1. The maximum Gasteiger partial charge on any atom is 0.259 e. The molecule has 4 N–H and O–H groups in total. The minimum Gasteiger partial charge on any atom is -0.507 e. The van der Waals surface area contributed by atoms with Crippen LogP contribution in [0.5, 0.6) is 5.75 Å². The Hall–Kier alpha value is -2.20. The van der Waals surface area contributed by atoms with E-state index in [9.17, 15) is 9.90 Å². The molecule has 0 atom stereocenters. The van der Waals surface area contributed by atoms with E-state index in [0.29, 0.717) is 16.4 Å². The molecule has 0 heterocycles. The number of hydrogen-bond acceptors (Lipinski definition) is 3. The summed E-state index contributed by atoms with van der Waals surface area (Å²) in [5.74, 6) is -0.465. The zero-order chi connectivity index (χ0) is 14.0. The highest BCUT2D eigenvalue weighted by atomic mass is 35.5. The Morgan fingerprint density at radius 1 is 1.26 bits per heavy atom. The van der Waals surface area contributed by atoms with Crippen molar-refractivity contribution in [2.75, 3.05) is 11.1 Å². The van der Waals surface area contributed by atoms with Crippen molar-refractivity contribution >= 4 is 28.9 Å². The number of aryl methyl sites for hydroxylation is 1. The van der Waals surface area contributed by atoms with Crippen molar-refractivity contribution in [1.82, 2.24) is 0 Å². The van der Waals surface area contributed by atoms with Crippen LogP contribution in [-0.2, 0) is 0 Å². The second kappa shape index (κ2) is 5.20. The lowest BCUT2D eigenvalue weighted by Gasteiger charge is -2.08. The zero-order valence-corrected chi connectivity index (χ0v) is 11.0. The highest BCUT2D eigenvalue weighted by Gasteiger charge is 2.11. The van der Waals surface area contributed by atoms with E-state index < -0.39 is 5.91 Å². The molecule has 0 aliphatic heterocycles. The van der Waals surface area contributed by atoms with Crippen LogP contribution >= 0.6 is 11.6 Å². The summed E-state index contributed by atoms with van der Waals surface area (Å²) in [6, 6.07) is 9.63. The number of aromatic hydroxyl groups is 1. The number of anilines is 2. The fourth-order valence-corrected chi connectivity index (χ4v) is 1.77. The minimum atomic E-state index is -0.400. The first-order valence-electron chi connectivity index (χ1n) is 5.63. The Morgan fingerprint density at radius 3 is 2.68 bits per heavy atom. The Labute approximate surface area is 115 Å². The molecule has 1 amide bonds. The predicted molar refractivity (Wildman–Crippen MR) is 76.7 cm³/mol. The highest BCUT2D eigenvalue weighted by Crippen LogP contribution is 2.24. The van der Waals surface area contributed by atoms with Gasteiger partial charge in [-0.05, 0) is 37.3 Å². The van der Waals surface area contributed by atoms with Gasteiger partial charge in [0.25, 0.3) is 5.91 Å². The van der Waals surface area contributed by atoms with Crippen LogP contribution in [0.1, 0.15) is 15.9 Å². The fraction of sp³-hybridized carbons (Fsp3) is 0.0714. The summed E-state index contributed by atoms with van der Waals surface area (Å²) < 4.78 is 0. The first-order chi connectivity index (χ1) is 8.97. The van der Waals surface area contributed by atoms with Gasteiger partial charge in [-0.25, -0.2) is 0 Å². The van der Waals surface area contributed by atoms with Gasteiger partial charge < -0.3 is 16.2 Å². The lowest BCUT2D eigenvalue weighted by molar-refractivity contribution is 0.102. The third-order valence-electron chi connectivity index (χ3n) is 2.65. The van der Waals surface area contributed by atoms with Crippen LogP contribution in [0, 0.1) is 6.92 Å². The largest absolute Gasteiger partial charge is 0.507 e. The molecule has 0 aromatic heterocycles. The van der Waals surface area contributed by atoms with Crippen LogP contribution in [0.3, 0.4) is 0 Å². The fourth-order valence-electron chi connectivity index (χ4n) is 1.65. The van der Waals surface area contributed by atoms with Crippen molar-refractivity contribution < 1.29 is 9.90 Å². The lowest BCUT2D eigenvalue weighted by atomic mass is 10.1. The Balaban J connectivity index is 2.25. The predicted octanol–water partition coefficient (Wildman–Crippen LogP) is 3.19. The number of nitrogen functional groups attached to an aromatic ring is 1. The van der Waals surface area contributed by atoms with Gasteiger partial charge in [0.1, 0.15) is 5.75 Å². The van der Waals surface area contributed by atoms with Gasteiger partial charge in [0.05, 0.1) is 16.3 Å². The molecule has 0 fully saturated rings. The molecule has 0 aliphatic carbocycles. The van der Waals surface area contributed by atoms with Gasteiger partial charge in [0.2, 0.25) is 0 Å². The van der Waals surface area contributed by atoms with Crippen LogP contribution in [-0.4, -0.2) is 11.0 Å². The number of carbonyl (C=O) groups is 1. The van der Waals surface area contributed by atoms with E-state index in [0.717, 1.165) is 5.56 Å². The average molecular weight is 277 g/mol. The van der Waals surface area contributed by atoms with Crippen molar-refractivity contribution in [2.24, 2.45) is 0 Å². The summed E-state index contributed by atoms with van der Waals surface area (Å²) in [6.07, 6.45) is 0. The Kier molecular flexibility index (Phi) is 3.62. The van der Waals surface area contributed by atoms with Gasteiger partial charge in [-0.2, -0.15) is 0 Å². The summed E-state index contributed by atoms with van der Waals surface area (Å²) in [5.41, 5.74) is 7.66. The van der Waals surface area contributed by atoms with Crippen molar-refractivity contribution in [1.29, 1.82) is 0 Å². The van der Waals surface area contributed by atoms with Crippen molar-refractivity contribution in [2.45, 2.75) is 6.92 Å². The Bertz CT molecular complexity index is 641. The molecule has 98 valence electrons. The molecule has 0 spiro atoms. The number of nitrogens with two attached hydrogens (primary N) is 1. The molecular formula is C14H13ClN2O2. The second-order valence-electron chi connectivity index (χ2n) is 4.21. The SMILES string of the molecule is Cc1ccc(O)c(C(=O)Nc2ccc(Cl)c(N)c2)c1. The number of hydrogen-bond donors (Lipinski definition) is 3. The Morgan fingerprint density at radius 2 is 2.00 bits per heavy atom. The van der Waals surface area contributed by atoms with Crippen LogP contribution in [0.15, 0.2) is 36.4 Å². The number of nitrogens with one attached hydrogen (secondary N) is 1. The number of halogens is 1. The molecular weight excluding hydrogens is 264 g/mol. The zero-order valence-electron chi connectivity index (χ0n) is 10.3. The third-order valence-corrected chi connectivity index (χ3v) is 2.99. The maximum absolute atomic E-state index is 12.0. The number of phenols is 1. The first kappa shape index (κ1) is 13.2. The van der Waals surface area contributed by atoms with E-state index in [1.165, 1.54) is 6.07 Å². The normalized spacial score (nSPS) is 10.2. The summed E-state index contributed by atoms with van der Waals surface area (Å²) in [7, 11) is 0.